The number of benzene rings is 1. The van der Waals surface area contributed by atoms with Gasteiger partial charge in [0.05, 0.1) is 11.0 Å². The molecule has 19 heavy (non-hydrogen) atoms. The summed E-state index contributed by atoms with van der Waals surface area (Å²) < 4.78 is 26.9. The summed E-state index contributed by atoms with van der Waals surface area (Å²) in [7, 11) is -3.47. The molecule has 0 amide bonds. The molecule has 2 saturated heterocycles. The van der Waals surface area contributed by atoms with Gasteiger partial charge < -0.3 is 5.11 Å². The SMILES string of the molecule is O=S(=O)(c1ccc(Cl)cc1)N1C2CCC1CC(O)C2. The maximum absolute atomic E-state index is 12.7. The van der Waals surface area contributed by atoms with Crippen molar-refractivity contribution in [2.24, 2.45) is 0 Å². The number of sulfonamides is 1. The van der Waals surface area contributed by atoms with Gasteiger partial charge in [-0.3, -0.25) is 0 Å². The summed E-state index contributed by atoms with van der Waals surface area (Å²) in [5, 5.41) is 10.3. The lowest BCUT2D eigenvalue weighted by Crippen LogP contribution is -2.47. The van der Waals surface area contributed by atoms with Crippen molar-refractivity contribution in [3.8, 4) is 0 Å². The molecule has 1 aromatic carbocycles. The van der Waals surface area contributed by atoms with E-state index in [1.165, 1.54) is 0 Å². The molecule has 0 aliphatic carbocycles. The molecule has 0 aromatic heterocycles. The number of aliphatic hydroxyl groups is 1. The van der Waals surface area contributed by atoms with Crippen LogP contribution in [0, 0.1) is 0 Å². The Morgan fingerprint density at radius 1 is 1.11 bits per heavy atom. The van der Waals surface area contributed by atoms with Crippen LogP contribution in [0.4, 0.5) is 0 Å². The fourth-order valence-electron chi connectivity index (χ4n) is 3.23. The van der Waals surface area contributed by atoms with Crippen LogP contribution in [0.5, 0.6) is 0 Å². The minimum absolute atomic E-state index is 0.0607. The standard InChI is InChI=1S/C13H16ClNO3S/c14-9-1-5-13(6-2-9)19(17,18)15-10-3-4-11(15)8-12(16)7-10/h1-2,5-6,10-12,16H,3-4,7-8H2. The fourth-order valence-corrected chi connectivity index (χ4v) is 5.24. The lowest BCUT2D eigenvalue weighted by molar-refractivity contribution is 0.0769. The van der Waals surface area contributed by atoms with Crippen molar-refractivity contribution >= 4 is 21.6 Å². The zero-order chi connectivity index (χ0) is 13.6. The number of nitrogens with zero attached hydrogens (tertiary/aromatic N) is 1. The molecule has 0 saturated carbocycles. The van der Waals surface area contributed by atoms with Crippen molar-refractivity contribution in [2.75, 3.05) is 0 Å². The molecule has 1 N–H and O–H groups in total. The maximum Gasteiger partial charge on any atom is 0.243 e. The highest BCUT2D eigenvalue weighted by Gasteiger charge is 2.46. The smallest absolute Gasteiger partial charge is 0.243 e. The van der Waals surface area contributed by atoms with Crippen LogP contribution < -0.4 is 0 Å². The molecule has 2 bridgehead atoms. The van der Waals surface area contributed by atoms with E-state index < -0.39 is 10.0 Å². The number of hydrogen-bond acceptors (Lipinski definition) is 3. The van der Waals surface area contributed by atoms with Crippen molar-refractivity contribution in [2.45, 2.75) is 48.8 Å². The molecule has 2 fully saturated rings. The van der Waals surface area contributed by atoms with Gasteiger partial charge in [0, 0.05) is 17.1 Å². The van der Waals surface area contributed by atoms with Crippen molar-refractivity contribution in [3.05, 3.63) is 29.3 Å². The monoisotopic (exact) mass is 301 g/mol. The normalized spacial score (nSPS) is 31.6. The van der Waals surface area contributed by atoms with Crippen molar-refractivity contribution in [3.63, 3.8) is 0 Å². The van der Waals surface area contributed by atoms with E-state index in [1.807, 2.05) is 0 Å². The zero-order valence-electron chi connectivity index (χ0n) is 10.4. The number of hydrogen-bond donors (Lipinski definition) is 1. The molecule has 0 spiro atoms. The average Bonchev–Trinajstić information content (AvgIpc) is 2.64. The van der Waals surface area contributed by atoms with Gasteiger partial charge in [-0.05, 0) is 49.9 Å². The van der Waals surface area contributed by atoms with E-state index >= 15 is 0 Å². The Hall–Kier alpha value is -0.620. The van der Waals surface area contributed by atoms with Crippen LogP contribution >= 0.6 is 11.6 Å². The van der Waals surface area contributed by atoms with Crippen LogP contribution in [0.15, 0.2) is 29.2 Å². The summed E-state index contributed by atoms with van der Waals surface area (Å²) in [4.78, 5) is 0.283. The Morgan fingerprint density at radius 2 is 1.63 bits per heavy atom. The van der Waals surface area contributed by atoms with E-state index in [2.05, 4.69) is 0 Å². The van der Waals surface area contributed by atoms with Gasteiger partial charge >= 0.3 is 0 Å². The average molecular weight is 302 g/mol. The minimum atomic E-state index is -3.47. The molecule has 2 atom stereocenters. The molecule has 2 aliphatic rings. The van der Waals surface area contributed by atoms with Gasteiger partial charge in [0.2, 0.25) is 10.0 Å². The van der Waals surface area contributed by atoms with Crippen molar-refractivity contribution in [1.29, 1.82) is 0 Å². The van der Waals surface area contributed by atoms with Gasteiger partial charge in [-0.2, -0.15) is 4.31 Å². The number of fused-ring (bicyclic) bond motifs is 2. The number of piperidine rings is 1. The predicted molar refractivity (Wildman–Crippen MR) is 72.5 cm³/mol. The summed E-state index contributed by atoms with van der Waals surface area (Å²) in [6.07, 6.45) is 2.41. The zero-order valence-corrected chi connectivity index (χ0v) is 11.9. The second kappa shape index (κ2) is 4.74. The Kier molecular flexibility index (Phi) is 3.33. The Labute approximate surface area is 118 Å². The third kappa shape index (κ3) is 2.29. The second-order valence-corrected chi connectivity index (χ2v) is 7.58. The van der Waals surface area contributed by atoms with Crippen LogP contribution in [0.25, 0.3) is 0 Å². The summed E-state index contributed by atoms with van der Waals surface area (Å²) in [5.41, 5.74) is 0. The summed E-state index contributed by atoms with van der Waals surface area (Å²) in [5.74, 6) is 0. The first-order valence-corrected chi connectivity index (χ1v) is 8.27. The van der Waals surface area contributed by atoms with Crippen molar-refractivity contribution < 1.29 is 13.5 Å². The molecule has 2 heterocycles. The highest BCUT2D eigenvalue weighted by atomic mass is 35.5. The van der Waals surface area contributed by atoms with Gasteiger partial charge in [-0.25, -0.2) is 8.42 Å². The second-order valence-electron chi connectivity index (χ2n) is 5.30. The number of halogens is 1. The third-order valence-electron chi connectivity index (χ3n) is 4.03. The van der Waals surface area contributed by atoms with Crippen LogP contribution in [0.2, 0.25) is 5.02 Å². The van der Waals surface area contributed by atoms with Crippen LogP contribution in [-0.4, -0.2) is 36.0 Å². The Balaban J connectivity index is 1.95. The highest BCUT2D eigenvalue weighted by Crippen LogP contribution is 2.39. The largest absolute Gasteiger partial charge is 0.393 e. The molecule has 4 nitrogen and oxygen atoms in total. The first-order chi connectivity index (χ1) is 8.98. The molecular weight excluding hydrogens is 286 g/mol. The lowest BCUT2D eigenvalue weighted by atomic mass is 10.0. The quantitative estimate of drug-likeness (QED) is 0.909. The van der Waals surface area contributed by atoms with E-state index in [0.29, 0.717) is 17.9 Å². The van der Waals surface area contributed by atoms with E-state index in [0.717, 1.165) is 12.8 Å². The molecule has 3 rings (SSSR count). The van der Waals surface area contributed by atoms with E-state index in [9.17, 15) is 13.5 Å². The van der Waals surface area contributed by atoms with E-state index in [-0.39, 0.29) is 23.1 Å². The van der Waals surface area contributed by atoms with Gasteiger partial charge in [-0.15, -0.1) is 0 Å². The van der Waals surface area contributed by atoms with E-state index in [1.54, 1.807) is 28.6 Å². The summed E-state index contributed by atoms with van der Waals surface area (Å²) in [6, 6.07) is 6.15. The molecule has 2 unspecified atom stereocenters. The lowest BCUT2D eigenvalue weighted by Gasteiger charge is -2.36. The van der Waals surface area contributed by atoms with Crippen LogP contribution in [-0.2, 0) is 10.0 Å². The molecular formula is C13H16ClNO3S. The molecule has 0 radical (unpaired) electrons. The molecule has 6 heteroatoms. The van der Waals surface area contributed by atoms with Gasteiger partial charge in [0.1, 0.15) is 0 Å². The number of rotatable bonds is 2. The fraction of sp³-hybridized carbons (Fsp3) is 0.538. The first kappa shape index (κ1) is 13.4. The first-order valence-electron chi connectivity index (χ1n) is 6.45. The third-order valence-corrected chi connectivity index (χ3v) is 6.30. The van der Waals surface area contributed by atoms with Gasteiger partial charge in [-0.1, -0.05) is 11.6 Å². The summed E-state index contributed by atoms with van der Waals surface area (Å²) >= 11 is 5.79. The summed E-state index contributed by atoms with van der Waals surface area (Å²) in [6.45, 7) is 0. The maximum atomic E-state index is 12.7. The van der Waals surface area contributed by atoms with Crippen LogP contribution in [0.1, 0.15) is 25.7 Å². The topological polar surface area (TPSA) is 57.6 Å². The molecule has 2 aliphatic heterocycles. The van der Waals surface area contributed by atoms with Gasteiger partial charge in [0.15, 0.2) is 0 Å². The Bertz CT molecular complexity index is 558. The highest BCUT2D eigenvalue weighted by molar-refractivity contribution is 7.89. The van der Waals surface area contributed by atoms with Crippen LogP contribution in [0.3, 0.4) is 0 Å². The molecule has 1 aromatic rings. The molecule has 104 valence electrons. The minimum Gasteiger partial charge on any atom is -0.393 e. The van der Waals surface area contributed by atoms with Gasteiger partial charge in [0.25, 0.3) is 0 Å². The Morgan fingerprint density at radius 3 is 2.16 bits per heavy atom. The number of aliphatic hydroxyl groups excluding tert-OH is 1. The van der Waals surface area contributed by atoms with E-state index in [4.69, 9.17) is 11.6 Å². The predicted octanol–water partition coefficient (Wildman–Crippen LogP) is 2.02. The van der Waals surface area contributed by atoms with Crippen molar-refractivity contribution in [1.82, 2.24) is 4.31 Å².